The zero-order valence-corrected chi connectivity index (χ0v) is 11.7. The third kappa shape index (κ3) is 2.78. The normalized spacial score (nSPS) is 23.4. The van der Waals surface area contributed by atoms with Crippen molar-refractivity contribution < 1.29 is 9.18 Å². The van der Waals surface area contributed by atoms with E-state index in [-0.39, 0.29) is 29.8 Å². The Bertz CT molecular complexity index is 444. The van der Waals surface area contributed by atoms with Gasteiger partial charge in [-0.1, -0.05) is 32.9 Å². The summed E-state index contributed by atoms with van der Waals surface area (Å²) in [6, 6.07) is 6.21. The molecule has 0 radical (unpaired) electrons. The molecule has 0 saturated carbocycles. The summed E-state index contributed by atoms with van der Waals surface area (Å²) in [6.45, 7) is 6.84. The number of nitrogens with zero attached hydrogens (tertiary/aromatic N) is 1. The first-order valence-electron chi connectivity index (χ1n) is 6.86. The van der Waals surface area contributed by atoms with Gasteiger partial charge in [0.1, 0.15) is 12.0 Å². The minimum Gasteiger partial charge on any atom is -0.322 e. The van der Waals surface area contributed by atoms with Gasteiger partial charge in [0.25, 0.3) is 0 Å². The molecule has 1 aliphatic rings. The quantitative estimate of drug-likeness (QED) is 0.907. The van der Waals surface area contributed by atoms with Crippen LogP contribution in [-0.4, -0.2) is 23.4 Å². The average Bonchev–Trinajstić information content (AvgIpc) is 2.69. The van der Waals surface area contributed by atoms with E-state index in [9.17, 15) is 9.18 Å². The van der Waals surface area contributed by atoms with Crippen LogP contribution in [-0.2, 0) is 4.79 Å². The molecule has 2 rings (SSSR count). The minimum absolute atomic E-state index is 0.138. The first-order chi connectivity index (χ1) is 9.04. The highest BCUT2D eigenvalue weighted by Gasteiger charge is 2.40. The molecule has 4 heteroatoms. The van der Waals surface area contributed by atoms with E-state index in [1.54, 1.807) is 12.1 Å². The minimum atomic E-state index is -0.254. The van der Waals surface area contributed by atoms with Crippen LogP contribution < -0.4 is 5.32 Å². The van der Waals surface area contributed by atoms with Crippen molar-refractivity contribution in [1.82, 2.24) is 10.2 Å². The fourth-order valence-electron chi connectivity index (χ4n) is 2.52. The van der Waals surface area contributed by atoms with Crippen LogP contribution in [0.3, 0.4) is 0 Å². The van der Waals surface area contributed by atoms with Gasteiger partial charge in [0.15, 0.2) is 0 Å². The van der Waals surface area contributed by atoms with Gasteiger partial charge in [-0.15, -0.1) is 0 Å². The van der Waals surface area contributed by atoms with Crippen LogP contribution in [0.2, 0.25) is 0 Å². The molecule has 2 unspecified atom stereocenters. The van der Waals surface area contributed by atoms with Crippen LogP contribution in [0.4, 0.5) is 4.39 Å². The molecule has 0 aliphatic carbocycles. The van der Waals surface area contributed by atoms with Gasteiger partial charge in [0, 0.05) is 6.54 Å². The molecule has 1 N–H and O–H groups in total. The largest absolute Gasteiger partial charge is 0.322 e. The highest BCUT2D eigenvalue weighted by Crippen LogP contribution is 2.28. The second-order valence-electron chi connectivity index (χ2n) is 5.37. The number of halogens is 1. The SMILES string of the molecule is CCCN1C(=O)C(C(C)C)NC1c1ccc(F)cc1. The maximum atomic E-state index is 13.0. The lowest BCUT2D eigenvalue weighted by molar-refractivity contribution is -0.130. The maximum absolute atomic E-state index is 13.0. The Labute approximate surface area is 113 Å². The molecule has 1 aromatic carbocycles. The zero-order valence-electron chi connectivity index (χ0n) is 11.7. The van der Waals surface area contributed by atoms with Gasteiger partial charge < -0.3 is 4.90 Å². The van der Waals surface area contributed by atoms with Crippen LogP contribution in [0.5, 0.6) is 0 Å². The lowest BCUT2D eigenvalue weighted by Gasteiger charge is -2.24. The van der Waals surface area contributed by atoms with E-state index in [1.165, 1.54) is 12.1 Å². The summed E-state index contributed by atoms with van der Waals surface area (Å²) in [4.78, 5) is 14.2. The van der Waals surface area contributed by atoms with Crippen molar-refractivity contribution in [3.8, 4) is 0 Å². The lowest BCUT2D eigenvalue weighted by Crippen LogP contribution is -2.34. The number of rotatable bonds is 4. The van der Waals surface area contributed by atoms with Crippen molar-refractivity contribution >= 4 is 5.91 Å². The Hall–Kier alpha value is -1.42. The second kappa shape index (κ2) is 5.70. The third-order valence-electron chi connectivity index (χ3n) is 3.52. The smallest absolute Gasteiger partial charge is 0.241 e. The van der Waals surface area contributed by atoms with Crippen molar-refractivity contribution in [3.63, 3.8) is 0 Å². The molecule has 1 aliphatic heterocycles. The van der Waals surface area contributed by atoms with Crippen LogP contribution in [0, 0.1) is 11.7 Å². The van der Waals surface area contributed by atoms with Gasteiger partial charge >= 0.3 is 0 Å². The average molecular weight is 264 g/mol. The molecule has 1 amide bonds. The summed E-state index contributed by atoms with van der Waals surface area (Å²) in [5, 5.41) is 3.36. The molecule has 2 atom stereocenters. The number of carbonyl (C=O) groups is 1. The van der Waals surface area contributed by atoms with Crippen LogP contribution in [0.15, 0.2) is 24.3 Å². The molecular weight excluding hydrogens is 243 g/mol. The Morgan fingerprint density at radius 3 is 2.47 bits per heavy atom. The first-order valence-corrected chi connectivity index (χ1v) is 6.86. The van der Waals surface area contributed by atoms with E-state index in [1.807, 2.05) is 18.7 Å². The summed E-state index contributed by atoms with van der Waals surface area (Å²) < 4.78 is 13.0. The molecule has 104 valence electrons. The van der Waals surface area contributed by atoms with E-state index in [0.29, 0.717) is 0 Å². The van der Waals surface area contributed by atoms with Crippen LogP contribution in [0.25, 0.3) is 0 Å². The Balaban J connectivity index is 2.27. The summed E-state index contributed by atoms with van der Waals surface area (Å²) in [5.41, 5.74) is 0.936. The van der Waals surface area contributed by atoms with E-state index >= 15 is 0 Å². The van der Waals surface area contributed by atoms with Crippen LogP contribution in [0.1, 0.15) is 38.9 Å². The van der Waals surface area contributed by atoms with Gasteiger partial charge in [-0.25, -0.2) is 4.39 Å². The topological polar surface area (TPSA) is 32.3 Å². The molecule has 1 saturated heterocycles. The molecule has 3 nitrogen and oxygen atoms in total. The monoisotopic (exact) mass is 264 g/mol. The fourth-order valence-corrected chi connectivity index (χ4v) is 2.52. The first kappa shape index (κ1) is 14.0. The Morgan fingerprint density at radius 1 is 1.32 bits per heavy atom. The summed E-state index contributed by atoms with van der Waals surface area (Å²) in [7, 11) is 0. The molecule has 19 heavy (non-hydrogen) atoms. The van der Waals surface area contributed by atoms with Gasteiger partial charge in [0.2, 0.25) is 5.91 Å². The van der Waals surface area contributed by atoms with E-state index in [0.717, 1.165) is 18.5 Å². The van der Waals surface area contributed by atoms with Gasteiger partial charge in [0.05, 0.1) is 6.04 Å². The Kier molecular flexibility index (Phi) is 4.20. The number of hydrogen-bond acceptors (Lipinski definition) is 2. The Morgan fingerprint density at radius 2 is 1.95 bits per heavy atom. The van der Waals surface area contributed by atoms with Crippen molar-refractivity contribution in [3.05, 3.63) is 35.6 Å². The number of hydrogen-bond donors (Lipinski definition) is 1. The maximum Gasteiger partial charge on any atom is 0.241 e. The van der Waals surface area contributed by atoms with E-state index in [2.05, 4.69) is 12.2 Å². The highest BCUT2D eigenvalue weighted by atomic mass is 19.1. The third-order valence-corrected chi connectivity index (χ3v) is 3.52. The van der Waals surface area contributed by atoms with Crippen molar-refractivity contribution in [2.75, 3.05) is 6.54 Å². The number of amides is 1. The molecule has 1 fully saturated rings. The van der Waals surface area contributed by atoms with Crippen molar-refractivity contribution in [2.24, 2.45) is 5.92 Å². The molecular formula is C15H21FN2O. The lowest BCUT2D eigenvalue weighted by atomic mass is 10.1. The van der Waals surface area contributed by atoms with Crippen molar-refractivity contribution in [2.45, 2.75) is 39.4 Å². The standard InChI is InChI=1S/C15H21FN2O/c1-4-9-18-14(11-5-7-12(16)8-6-11)17-13(10(2)3)15(18)19/h5-8,10,13-14,17H,4,9H2,1-3H3. The van der Waals surface area contributed by atoms with Gasteiger partial charge in [-0.05, 0) is 30.0 Å². The van der Waals surface area contributed by atoms with Gasteiger partial charge in [-0.2, -0.15) is 0 Å². The van der Waals surface area contributed by atoms with Crippen molar-refractivity contribution in [1.29, 1.82) is 0 Å². The summed E-state index contributed by atoms with van der Waals surface area (Å²) in [5.74, 6) is 0.138. The summed E-state index contributed by atoms with van der Waals surface area (Å²) in [6.07, 6.45) is 0.774. The van der Waals surface area contributed by atoms with E-state index < -0.39 is 0 Å². The van der Waals surface area contributed by atoms with E-state index in [4.69, 9.17) is 0 Å². The molecule has 0 aromatic heterocycles. The fraction of sp³-hybridized carbons (Fsp3) is 0.533. The summed E-state index contributed by atoms with van der Waals surface area (Å²) >= 11 is 0. The number of carbonyl (C=O) groups excluding carboxylic acids is 1. The molecule has 0 spiro atoms. The van der Waals surface area contributed by atoms with Gasteiger partial charge in [-0.3, -0.25) is 10.1 Å². The number of nitrogens with one attached hydrogen (secondary N) is 1. The van der Waals surface area contributed by atoms with Crippen LogP contribution >= 0.6 is 0 Å². The number of benzene rings is 1. The predicted molar refractivity (Wildman–Crippen MR) is 72.9 cm³/mol. The zero-order chi connectivity index (χ0) is 14.0. The second-order valence-corrected chi connectivity index (χ2v) is 5.37. The molecule has 1 aromatic rings. The highest BCUT2D eigenvalue weighted by molar-refractivity contribution is 5.84. The predicted octanol–water partition coefficient (Wildman–Crippen LogP) is 2.69. The molecule has 0 bridgehead atoms. The molecule has 1 heterocycles.